The summed E-state index contributed by atoms with van der Waals surface area (Å²) in [6.45, 7) is 0.130. The first-order valence-electron chi connectivity index (χ1n) is 7.51. The van der Waals surface area contributed by atoms with Gasteiger partial charge < -0.3 is 9.15 Å². The van der Waals surface area contributed by atoms with Gasteiger partial charge in [-0.25, -0.2) is 0 Å². The summed E-state index contributed by atoms with van der Waals surface area (Å²) in [5, 5.41) is 1.06. The number of hydrogen-bond acceptors (Lipinski definition) is 4. The number of benzene rings is 1. The van der Waals surface area contributed by atoms with E-state index in [1.165, 1.54) is 12.3 Å². The monoisotopic (exact) mass is 407 g/mol. The van der Waals surface area contributed by atoms with Gasteiger partial charge >= 0.3 is 0 Å². The van der Waals surface area contributed by atoms with Crippen LogP contribution in [0, 0.1) is 0 Å². The Balaban J connectivity index is 1.64. The molecule has 0 aliphatic rings. The molecule has 1 aromatic carbocycles. The first-order valence-corrected chi connectivity index (χ1v) is 8.65. The van der Waals surface area contributed by atoms with Crippen molar-refractivity contribution in [3.8, 4) is 5.75 Å². The van der Waals surface area contributed by atoms with Crippen LogP contribution >= 0.6 is 34.8 Å². The Kier molecular flexibility index (Phi) is 5.99. The second-order valence-electron chi connectivity index (χ2n) is 5.23. The third-order valence-corrected chi connectivity index (χ3v) is 4.13. The van der Waals surface area contributed by atoms with Gasteiger partial charge in [-0.3, -0.25) is 9.78 Å². The predicted molar refractivity (Wildman–Crippen MR) is 102 cm³/mol. The van der Waals surface area contributed by atoms with Crippen LogP contribution in [0.25, 0.3) is 6.08 Å². The number of halogens is 3. The Morgan fingerprint density at radius 1 is 1.15 bits per heavy atom. The third-order valence-electron chi connectivity index (χ3n) is 3.35. The minimum absolute atomic E-state index is 0.130. The van der Waals surface area contributed by atoms with Gasteiger partial charge in [-0.15, -0.1) is 0 Å². The fraction of sp³-hybridized carbons (Fsp3) is 0.0526. The molecular formula is C19H12Cl3NO3. The lowest BCUT2D eigenvalue weighted by atomic mass is 10.2. The van der Waals surface area contributed by atoms with Crippen molar-refractivity contribution in [2.45, 2.75) is 6.61 Å². The van der Waals surface area contributed by atoms with Gasteiger partial charge in [0.05, 0.1) is 10.0 Å². The van der Waals surface area contributed by atoms with Crippen molar-refractivity contribution in [1.29, 1.82) is 0 Å². The molecule has 0 bridgehead atoms. The van der Waals surface area contributed by atoms with Gasteiger partial charge in [0.25, 0.3) is 0 Å². The molecule has 0 saturated heterocycles. The molecule has 4 nitrogen and oxygen atoms in total. The SMILES string of the molecule is O=C(/C=C/c1ccc(COc2c(Cl)cc(Cl)cc2Cl)o1)c1cccnc1. The fourth-order valence-electron chi connectivity index (χ4n) is 2.13. The van der Waals surface area contributed by atoms with Gasteiger partial charge in [-0.05, 0) is 48.6 Å². The topological polar surface area (TPSA) is 52.3 Å². The molecule has 0 saturated carbocycles. The number of hydrogen-bond donors (Lipinski definition) is 0. The number of carbonyl (C=O) groups excluding carboxylic acids is 1. The highest BCUT2D eigenvalue weighted by Gasteiger charge is 2.10. The quantitative estimate of drug-likeness (QED) is 0.365. The summed E-state index contributed by atoms with van der Waals surface area (Å²) in [6, 6.07) is 9.97. The minimum Gasteiger partial charge on any atom is -0.483 e. The molecule has 2 aromatic heterocycles. The molecule has 3 aromatic rings. The zero-order valence-electron chi connectivity index (χ0n) is 13.3. The van der Waals surface area contributed by atoms with Crippen LogP contribution in [-0.2, 0) is 6.61 Å². The van der Waals surface area contributed by atoms with E-state index in [1.54, 1.807) is 48.7 Å². The molecule has 3 rings (SSSR count). The second-order valence-corrected chi connectivity index (χ2v) is 6.48. The van der Waals surface area contributed by atoms with Crippen LogP contribution in [0.5, 0.6) is 5.75 Å². The highest BCUT2D eigenvalue weighted by Crippen LogP contribution is 2.36. The highest BCUT2D eigenvalue weighted by molar-refractivity contribution is 6.40. The number of pyridine rings is 1. The number of nitrogens with zero attached hydrogens (tertiary/aromatic N) is 1. The minimum atomic E-state index is -0.160. The molecule has 2 heterocycles. The normalized spacial score (nSPS) is 11.0. The summed E-state index contributed by atoms with van der Waals surface area (Å²) in [5.41, 5.74) is 0.505. The number of allylic oxidation sites excluding steroid dienone is 1. The largest absolute Gasteiger partial charge is 0.483 e. The third kappa shape index (κ3) is 4.67. The van der Waals surface area contributed by atoms with E-state index in [0.29, 0.717) is 37.9 Å². The molecule has 0 amide bonds. The lowest BCUT2D eigenvalue weighted by Crippen LogP contribution is -1.95. The van der Waals surface area contributed by atoms with Gasteiger partial charge in [-0.2, -0.15) is 0 Å². The number of rotatable bonds is 6. The Morgan fingerprint density at radius 3 is 2.62 bits per heavy atom. The maximum absolute atomic E-state index is 12.0. The van der Waals surface area contributed by atoms with Crippen LogP contribution in [0.3, 0.4) is 0 Å². The van der Waals surface area contributed by atoms with Crippen molar-refractivity contribution in [3.05, 3.63) is 87.0 Å². The van der Waals surface area contributed by atoms with Gasteiger partial charge in [0.1, 0.15) is 18.1 Å². The average Bonchev–Trinajstić information content (AvgIpc) is 3.07. The Bertz CT molecular complexity index is 929. The molecule has 0 radical (unpaired) electrons. The van der Waals surface area contributed by atoms with E-state index in [1.807, 2.05) is 0 Å². The number of aromatic nitrogens is 1. The molecular weight excluding hydrogens is 397 g/mol. The van der Waals surface area contributed by atoms with Crippen molar-refractivity contribution in [3.63, 3.8) is 0 Å². The molecule has 26 heavy (non-hydrogen) atoms. The van der Waals surface area contributed by atoms with E-state index in [-0.39, 0.29) is 12.4 Å². The van der Waals surface area contributed by atoms with Gasteiger partial charge in [0.2, 0.25) is 0 Å². The fourth-order valence-corrected chi connectivity index (χ4v) is 3.06. The molecule has 0 atom stereocenters. The Hall–Kier alpha value is -2.27. The van der Waals surface area contributed by atoms with Crippen LogP contribution in [0.4, 0.5) is 0 Å². The molecule has 0 aliphatic heterocycles. The molecule has 0 aliphatic carbocycles. The van der Waals surface area contributed by atoms with Gasteiger partial charge in [-0.1, -0.05) is 34.8 Å². The number of ether oxygens (including phenoxy) is 1. The summed E-state index contributed by atoms with van der Waals surface area (Å²) < 4.78 is 11.2. The van der Waals surface area contributed by atoms with Crippen molar-refractivity contribution in [2.75, 3.05) is 0 Å². The van der Waals surface area contributed by atoms with Crippen LogP contribution < -0.4 is 4.74 Å². The van der Waals surface area contributed by atoms with Gasteiger partial charge in [0, 0.05) is 23.0 Å². The molecule has 0 spiro atoms. The van der Waals surface area contributed by atoms with E-state index in [2.05, 4.69) is 4.98 Å². The average molecular weight is 409 g/mol. The zero-order chi connectivity index (χ0) is 18.5. The summed E-state index contributed by atoms with van der Waals surface area (Å²) in [6.07, 6.45) is 6.13. The molecule has 0 N–H and O–H groups in total. The van der Waals surface area contributed by atoms with Crippen molar-refractivity contribution < 1.29 is 13.9 Å². The van der Waals surface area contributed by atoms with Crippen LogP contribution in [0.1, 0.15) is 21.9 Å². The van der Waals surface area contributed by atoms with E-state index < -0.39 is 0 Å². The van der Waals surface area contributed by atoms with Crippen LogP contribution in [-0.4, -0.2) is 10.8 Å². The lowest BCUT2D eigenvalue weighted by molar-refractivity contribution is 0.104. The maximum Gasteiger partial charge on any atom is 0.187 e. The van der Waals surface area contributed by atoms with Crippen molar-refractivity contribution >= 4 is 46.7 Å². The standard InChI is InChI=1S/C19H12Cl3NO3/c20-13-8-16(21)19(17(22)9-13)25-11-15-4-3-14(26-15)5-6-18(24)12-2-1-7-23-10-12/h1-10H,11H2/b6-5+. The first-order chi connectivity index (χ1) is 12.5. The Labute approximate surface area is 165 Å². The zero-order valence-corrected chi connectivity index (χ0v) is 15.6. The summed E-state index contributed by atoms with van der Waals surface area (Å²) in [7, 11) is 0. The highest BCUT2D eigenvalue weighted by atomic mass is 35.5. The van der Waals surface area contributed by atoms with Crippen LogP contribution in [0.15, 0.2) is 59.3 Å². The molecule has 7 heteroatoms. The Morgan fingerprint density at radius 2 is 1.92 bits per heavy atom. The predicted octanol–water partition coefficient (Wildman–Crippen LogP) is 6.11. The summed E-state index contributed by atoms with van der Waals surface area (Å²) >= 11 is 18.0. The second kappa shape index (κ2) is 8.41. The number of carbonyl (C=O) groups is 1. The van der Waals surface area contributed by atoms with Crippen molar-refractivity contribution in [1.82, 2.24) is 4.98 Å². The molecule has 0 fully saturated rings. The van der Waals surface area contributed by atoms with E-state index in [4.69, 9.17) is 44.0 Å². The van der Waals surface area contributed by atoms with Gasteiger partial charge in [0.15, 0.2) is 11.5 Å². The van der Waals surface area contributed by atoms with E-state index >= 15 is 0 Å². The molecule has 0 unspecified atom stereocenters. The molecule has 132 valence electrons. The van der Waals surface area contributed by atoms with Crippen LogP contribution in [0.2, 0.25) is 15.1 Å². The first kappa shape index (κ1) is 18.5. The number of ketones is 1. The smallest absolute Gasteiger partial charge is 0.187 e. The summed E-state index contributed by atoms with van der Waals surface area (Å²) in [5.74, 6) is 1.25. The number of furan rings is 1. The summed E-state index contributed by atoms with van der Waals surface area (Å²) in [4.78, 5) is 15.9. The maximum atomic E-state index is 12.0. The van der Waals surface area contributed by atoms with Crippen molar-refractivity contribution in [2.24, 2.45) is 0 Å². The van der Waals surface area contributed by atoms with E-state index in [0.717, 1.165) is 0 Å². The lowest BCUT2D eigenvalue weighted by Gasteiger charge is -2.08. The van der Waals surface area contributed by atoms with E-state index in [9.17, 15) is 4.79 Å².